The van der Waals surface area contributed by atoms with E-state index in [2.05, 4.69) is 6.92 Å². The summed E-state index contributed by atoms with van der Waals surface area (Å²) < 4.78 is 21.5. The van der Waals surface area contributed by atoms with Crippen LogP contribution in [-0.2, 0) is 30.3 Å². The Hall–Kier alpha value is -2.57. The maximum absolute atomic E-state index is 11.6. The normalized spacial score (nSPS) is 12.5. The third-order valence-corrected chi connectivity index (χ3v) is 5.25. The van der Waals surface area contributed by atoms with E-state index in [-0.39, 0.29) is 24.1 Å². The Morgan fingerprint density at radius 1 is 0.727 bits per heavy atom. The molecule has 1 aromatic rings. The molecule has 0 fully saturated rings. The highest BCUT2D eigenvalue weighted by Crippen LogP contribution is 2.25. The average Bonchev–Trinajstić information content (AvgIpc) is 2.71. The summed E-state index contributed by atoms with van der Waals surface area (Å²) in [7, 11) is 1.55. The fourth-order valence-electron chi connectivity index (χ4n) is 3.83. The highest BCUT2D eigenvalue weighted by molar-refractivity contribution is 5.69. The van der Waals surface area contributed by atoms with Crippen molar-refractivity contribution in [2.24, 2.45) is 0 Å². The Bertz CT molecular complexity index is 744. The average molecular weight is 465 g/mol. The zero-order valence-electron chi connectivity index (χ0n) is 20.8. The Morgan fingerprint density at radius 2 is 1.27 bits per heavy atom. The highest BCUT2D eigenvalue weighted by atomic mass is 16.5. The largest absolute Gasteiger partial charge is 0.497 e. The number of carbonyl (C=O) groups is 3. The molecular weight excluding hydrogens is 424 g/mol. The van der Waals surface area contributed by atoms with Gasteiger partial charge in [-0.25, -0.2) is 0 Å². The zero-order valence-corrected chi connectivity index (χ0v) is 20.8. The van der Waals surface area contributed by atoms with Gasteiger partial charge in [0.1, 0.15) is 23.7 Å². The van der Waals surface area contributed by atoms with E-state index in [1.807, 2.05) is 6.07 Å². The fourth-order valence-corrected chi connectivity index (χ4v) is 3.83. The van der Waals surface area contributed by atoms with E-state index in [0.29, 0.717) is 24.3 Å². The van der Waals surface area contributed by atoms with E-state index >= 15 is 0 Å². The summed E-state index contributed by atoms with van der Waals surface area (Å²) in [5.41, 5.74) is 0.864. The Morgan fingerprint density at radius 3 is 1.82 bits per heavy atom. The molecule has 0 amide bonds. The van der Waals surface area contributed by atoms with Gasteiger partial charge >= 0.3 is 17.9 Å². The number of benzene rings is 1. The van der Waals surface area contributed by atoms with E-state index < -0.39 is 5.97 Å². The topological polar surface area (TPSA) is 88.1 Å². The van der Waals surface area contributed by atoms with Crippen molar-refractivity contribution in [1.82, 2.24) is 0 Å². The lowest BCUT2D eigenvalue weighted by Crippen LogP contribution is -2.19. The predicted molar refractivity (Wildman–Crippen MR) is 126 cm³/mol. The number of esters is 3. The predicted octanol–water partition coefficient (Wildman–Crippen LogP) is 5.56. The molecule has 0 aromatic heterocycles. The monoisotopic (exact) mass is 464 g/mol. The molecule has 0 N–H and O–H groups in total. The molecular formula is C26H40O7. The van der Waals surface area contributed by atoms with Crippen LogP contribution in [0, 0.1) is 0 Å². The molecule has 1 aromatic carbocycles. The second-order valence-electron chi connectivity index (χ2n) is 8.41. The maximum Gasteiger partial charge on any atom is 0.308 e. The van der Waals surface area contributed by atoms with Crippen LogP contribution in [0.2, 0.25) is 0 Å². The summed E-state index contributed by atoms with van der Waals surface area (Å²) in [6.45, 7) is 6.37. The third kappa shape index (κ3) is 13.5. The van der Waals surface area contributed by atoms with Crippen molar-refractivity contribution in [3.05, 3.63) is 23.8 Å². The molecule has 0 aliphatic carbocycles. The molecule has 0 radical (unpaired) electrons. The van der Waals surface area contributed by atoms with Crippen LogP contribution in [0.5, 0.6) is 11.5 Å². The van der Waals surface area contributed by atoms with Crippen LogP contribution in [0.25, 0.3) is 0 Å². The van der Waals surface area contributed by atoms with E-state index in [1.165, 1.54) is 20.8 Å². The number of unbranched alkanes of at least 4 members (excludes halogenated alkanes) is 4. The van der Waals surface area contributed by atoms with E-state index in [0.717, 1.165) is 56.9 Å². The standard InChI is InChI=1S/C26H40O7/c1-6-7-9-12-23(31-19(2)27)13-10-8-11-14-24(32-20(3)28)15-22-16-25(30-5)18-26(17-22)33-21(4)29/h16-18,23-24H,6-15H2,1-5H3/t23-,24-/m1/s1. The van der Waals surface area contributed by atoms with Gasteiger partial charge in [0.2, 0.25) is 0 Å². The van der Waals surface area contributed by atoms with Crippen molar-refractivity contribution in [2.75, 3.05) is 7.11 Å². The molecule has 33 heavy (non-hydrogen) atoms. The molecule has 7 nitrogen and oxygen atoms in total. The molecule has 0 bridgehead atoms. The smallest absolute Gasteiger partial charge is 0.308 e. The molecule has 0 saturated carbocycles. The van der Waals surface area contributed by atoms with Crippen LogP contribution >= 0.6 is 0 Å². The molecule has 186 valence electrons. The molecule has 0 aliphatic heterocycles. The molecule has 0 saturated heterocycles. The van der Waals surface area contributed by atoms with E-state index in [4.69, 9.17) is 18.9 Å². The van der Waals surface area contributed by atoms with Gasteiger partial charge in [0, 0.05) is 33.3 Å². The van der Waals surface area contributed by atoms with Crippen molar-refractivity contribution in [3.8, 4) is 11.5 Å². The van der Waals surface area contributed by atoms with Crippen LogP contribution in [-0.4, -0.2) is 37.2 Å². The van der Waals surface area contributed by atoms with Gasteiger partial charge in [0.05, 0.1) is 7.11 Å². The summed E-state index contributed by atoms with van der Waals surface area (Å²) in [5, 5.41) is 0. The van der Waals surface area contributed by atoms with Crippen LogP contribution < -0.4 is 9.47 Å². The summed E-state index contributed by atoms with van der Waals surface area (Å²) in [6.07, 6.45) is 8.82. The number of hydrogen-bond acceptors (Lipinski definition) is 7. The van der Waals surface area contributed by atoms with E-state index in [9.17, 15) is 14.4 Å². The number of carbonyl (C=O) groups excluding carboxylic acids is 3. The highest BCUT2D eigenvalue weighted by Gasteiger charge is 2.16. The summed E-state index contributed by atoms with van der Waals surface area (Å²) >= 11 is 0. The Balaban J connectivity index is 2.62. The summed E-state index contributed by atoms with van der Waals surface area (Å²) in [4.78, 5) is 34.3. The van der Waals surface area contributed by atoms with Crippen molar-refractivity contribution in [3.63, 3.8) is 0 Å². The third-order valence-electron chi connectivity index (χ3n) is 5.25. The Kier molecular flexibility index (Phi) is 13.9. The van der Waals surface area contributed by atoms with Crippen LogP contribution in [0.3, 0.4) is 0 Å². The lowest BCUT2D eigenvalue weighted by Gasteiger charge is -2.19. The van der Waals surface area contributed by atoms with Crippen molar-refractivity contribution in [2.45, 2.75) is 104 Å². The quantitative estimate of drug-likeness (QED) is 0.180. The van der Waals surface area contributed by atoms with Crippen LogP contribution in [0.1, 0.15) is 91.0 Å². The molecule has 0 aliphatic rings. The second-order valence-corrected chi connectivity index (χ2v) is 8.41. The minimum absolute atomic E-state index is 0.0187. The van der Waals surface area contributed by atoms with Gasteiger partial charge in [-0.1, -0.05) is 26.2 Å². The molecule has 1 rings (SSSR count). The first-order valence-corrected chi connectivity index (χ1v) is 11.9. The van der Waals surface area contributed by atoms with Gasteiger partial charge in [-0.05, 0) is 56.2 Å². The fraction of sp³-hybridized carbons (Fsp3) is 0.654. The van der Waals surface area contributed by atoms with Crippen LogP contribution in [0.4, 0.5) is 0 Å². The SMILES string of the molecule is CCCCC[C@H](CCCCC[C@H](Cc1cc(OC)cc(OC(C)=O)c1)OC(C)=O)OC(C)=O. The minimum Gasteiger partial charge on any atom is -0.497 e. The number of methoxy groups -OCH3 is 1. The molecule has 0 spiro atoms. The van der Waals surface area contributed by atoms with Gasteiger partial charge in [0.15, 0.2) is 0 Å². The van der Waals surface area contributed by atoms with Crippen LogP contribution in [0.15, 0.2) is 18.2 Å². The van der Waals surface area contributed by atoms with Crippen molar-refractivity contribution < 1.29 is 33.3 Å². The van der Waals surface area contributed by atoms with Gasteiger partial charge < -0.3 is 18.9 Å². The number of rotatable bonds is 16. The zero-order chi connectivity index (χ0) is 24.6. The van der Waals surface area contributed by atoms with Gasteiger partial charge in [-0.15, -0.1) is 0 Å². The molecule has 0 heterocycles. The van der Waals surface area contributed by atoms with Crippen molar-refractivity contribution in [1.29, 1.82) is 0 Å². The summed E-state index contributed by atoms with van der Waals surface area (Å²) in [5.74, 6) is 0.0159. The van der Waals surface area contributed by atoms with Crippen molar-refractivity contribution >= 4 is 17.9 Å². The summed E-state index contributed by atoms with van der Waals surface area (Å²) in [6, 6.07) is 5.26. The van der Waals surface area contributed by atoms with Gasteiger partial charge in [0.25, 0.3) is 0 Å². The van der Waals surface area contributed by atoms with E-state index in [1.54, 1.807) is 19.2 Å². The number of hydrogen-bond donors (Lipinski definition) is 0. The molecule has 0 unspecified atom stereocenters. The lowest BCUT2D eigenvalue weighted by molar-refractivity contribution is -0.147. The second kappa shape index (κ2) is 16.1. The first-order valence-electron chi connectivity index (χ1n) is 11.9. The lowest BCUT2D eigenvalue weighted by atomic mass is 10.00. The molecule has 7 heteroatoms. The number of ether oxygens (including phenoxy) is 4. The molecule has 2 atom stereocenters. The van der Waals surface area contributed by atoms with Gasteiger partial charge in [-0.3, -0.25) is 14.4 Å². The maximum atomic E-state index is 11.6. The minimum atomic E-state index is -0.410. The Labute approximate surface area is 198 Å². The first-order chi connectivity index (χ1) is 15.7. The van der Waals surface area contributed by atoms with Gasteiger partial charge in [-0.2, -0.15) is 0 Å². The first kappa shape index (κ1) is 28.5.